The van der Waals surface area contributed by atoms with Gasteiger partial charge in [-0.2, -0.15) is 0 Å². The van der Waals surface area contributed by atoms with Crippen molar-refractivity contribution < 1.29 is 19.4 Å². The Morgan fingerprint density at radius 1 is 1.28 bits per heavy atom. The van der Waals surface area contributed by atoms with Crippen LogP contribution >= 0.6 is 23.2 Å². The van der Waals surface area contributed by atoms with Crippen molar-refractivity contribution >= 4 is 29.3 Å². The summed E-state index contributed by atoms with van der Waals surface area (Å²) in [4.78, 5) is 12.3. The van der Waals surface area contributed by atoms with Crippen LogP contribution in [-0.4, -0.2) is 34.8 Å². The summed E-state index contributed by atoms with van der Waals surface area (Å²) in [7, 11) is 0. The first-order valence-corrected chi connectivity index (χ1v) is 8.52. The minimum absolute atomic E-state index is 0.141. The molecular weight excluding hydrogens is 365 g/mol. The summed E-state index contributed by atoms with van der Waals surface area (Å²) >= 11 is 12.0. The number of hydrogen-bond acceptors (Lipinski definition) is 3. The number of rotatable bonds is 5. The van der Waals surface area contributed by atoms with Crippen molar-refractivity contribution in [3.8, 4) is 11.5 Å². The minimum Gasteiger partial charge on any atom is -0.487 e. The molecule has 1 heterocycles. The van der Waals surface area contributed by atoms with E-state index in [0.717, 1.165) is 5.56 Å². The van der Waals surface area contributed by atoms with E-state index in [1.54, 1.807) is 18.2 Å². The molecule has 2 aromatic rings. The molecule has 0 aliphatic carbocycles. The number of nitrogens with zero attached hydrogens (tertiary/aromatic N) is 1. The smallest absolute Gasteiger partial charge is 0.407 e. The van der Waals surface area contributed by atoms with Gasteiger partial charge in [0, 0.05) is 5.02 Å². The molecule has 0 aromatic heterocycles. The predicted octanol–water partition coefficient (Wildman–Crippen LogP) is 4.70. The Balaban J connectivity index is 1.59. The van der Waals surface area contributed by atoms with Crippen molar-refractivity contribution in [3.63, 3.8) is 0 Å². The van der Waals surface area contributed by atoms with Gasteiger partial charge in [-0.25, -0.2) is 4.79 Å². The van der Waals surface area contributed by atoms with Crippen LogP contribution in [0.4, 0.5) is 4.79 Å². The molecule has 1 amide bonds. The second-order valence-electron chi connectivity index (χ2n) is 5.84. The fraction of sp³-hybridized carbons (Fsp3) is 0.278. The number of benzene rings is 2. The molecule has 0 saturated carbocycles. The summed E-state index contributed by atoms with van der Waals surface area (Å²) < 4.78 is 11.6. The Bertz CT molecular complexity index is 783. The van der Waals surface area contributed by atoms with Gasteiger partial charge in [0.05, 0.1) is 17.6 Å². The first-order valence-electron chi connectivity index (χ1n) is 7.77. The number of hydrogen-bond donors (Lipinski definition) is 1. The Labute approximate surface area is 155 Å². The number of likely N-dealkylation sites (tertiary alicyclic amines) is 1. The summed E-state index contributed by atoms with van der Waals surface area (Å²) in [5.41, 5.74) is 0.922. The summed E-state index contributed by atoms with van der Waals surface area (Å²) in [5.74, 6) is 1.24. The summed E-state index contributed by atoms with van der Waals surface area (Å²) in [5, 5.41) is 9.99. The average molecular weight is 382 g/mol. The van der Waals surface area contributed by atoms with Gasteiger partial charge in [0.1, 0.15) is 24.2 Å². The molecule has 7 heteroatoms. The third-order valence-corrected chi connectivity index (χ3v) is 4.66. The van der Waals surface area contributed by atoms with E-state index in [9.17, 15) is 4.79 Å². The number of ether oxygens (including phenoxy) is 2. The SMILES string of the molecule is CC1C(Oc2cccc(COc3ccc(Cl)cc3Cl)c2)CN1C(=O)O. The lowest BCUT2D eigenvalue weighted by atomic mass is 10.0. The predicted molar refractivity (Wildman–Crippen MR) is 95.8 cm³/mol. The first kappa shape index (κ1) is 17.7. The number of carbonyl (C=O) groups is 1. The van der Waals surface area contributed by atoms with E-state index in [1.807, 2.05) is 31.2 Å². The number of halogens is 2. The fourth-order valence-corrected chi connectivity index (χ4v) is 3.06. The van der Waals surface area contributed by atoms with Gasteiger partial charge in [0.2, 0.25) is 0 Å². The zero-order valence-corrected chi connectivity index (χ0v) is 15.0. The largest absolute Gasteiger partial charge is 0.487 e. The highest BCUT2D eigenvalue weighted by atomic mass is 35.5. The van der Waals surface area contributed by atoms with E-state index in [2.05, 4.69) is 0 Å². The van der Waals surface area contributed by atoms with E-state index in [1.165, 1.54) is 4.90 Å². The van der Waals surface area contributed by atoms with Crippen LogP contribution < -0.4 is 9.47 Å². The minimum atomic E-state index is -0.922. The van der Waals surface area contributed by atoms with Crippen LogP contribution in [0.3, 0.4) is 0 Å². The molecule has 1 aliphatic rings. The van der Waals surface area contributed by atoms with Crippen molar-refractivity contribution in [2.24, 2.45) is 0 Å². The van der Waals surface area contributed by atoms with Gasteiger partial charge < -0.3 is 14.6 Å². The lowest BCUT2D eigenvalue weighted by molar-refractivity contribution is -0.0225. The van der Waals surface area contributed by atoms with Gasteiger partial charge in [-0.05, 0) is 42.8 Å². The van der Waals surface area contributed by atoms with E-state index < -0.39 is 6.09 Å². The highest BCUT2D eigenvalue weighted by Crippen LogP contribution is 2.29. The molecule has 2 unspecified atom stereocenters. The number of amides is 1. The van der Waals surface area contributed by atoms with Crippen LogP contribution in [0.25, 0.3) is 0 Å². The van der Waals surface area contributed by atoms with Gasteiger partial charge in [-0.3, -0.25) is 4.90 Å². The molecule has 25 heavy (non-hydrogen) atoms. The average Bonchev–Trinajstić information content (AvgIpc) is 2.57. The molecule has 1 aliphatic heterocycles. The topological polar surface area (TPSA) is 59.0 Å². The van der Waals surface area contributed by atoms with Crippen LogP contribution in [0, 0.1) is 0 Å². The third-order valence-electron chi connectivity index (χ3n) is 4.13. The Hall–Kier alpha value is -2.11. The molecule has 3 rings (SSSR count). The Morgan fingerprint density at radius 2 is 2.08 bits per heavy atom. The molecule has 1 saturated heterocycles. The molecule has 1 N–H and O–H groups in total. The van der Waals surface area contributed by atoms with Crippen LogP contribution in [0.5, 0.6) is 11.5 Å². The maximum absolute atomic E-state index is 10.9. The highest BCUT2D eigenvalue weighted by molar-refractivity contribution is 6.35. The summed E-state index contributed by atoms with van der Waals surface area (Å²) in [6.07, 6.45) is -1.06. The molecular formula is C18H17Cl2NO4. The second kappa shape index (κ2) is 7.42. The summed E-state index contributed by atoms with van der Waals surface area (Å²) in [6, 6.07) is 12.4. The number of carboxylic acid groups (broad SMARTS) is 1. The van der Waals surface area contributed by atoms with Crippen molar-refractivity contribution in [3.05, 3.63) is 58.1 Å². The lowest BCUT2D eigenvalue weighted by Gasteiger charge is -2.43. The first-order chi connectivity index (χ1) is 11.9. The third kappa shape index (κ3) is 4.11. The van der Waals surface area contributed by atoms with Gasteiger partial charge in [-0.1, -0.05) is 35.3 Å². The van der Waals surface area contributed by atoms with E-state index in [-0.39, 0.29) is 12.1 Å². The Kier molecular flexibility index (Phi) is 5.25. The van der Waals surface area contributed by atoms with Gasteiger partial charge in [-0.15, -0.1) is 0 Å². The fourth-order valence-electron chi connectivity index (χ4n) is 2.60. The van der Waals surface area contributed by atoms with Crippen LogP contribution in [-0.2, 0) is 6.61 Å². The van der Waals surface area contributed by atoms with Crippen molar-refractivity contribution in [2.75, 3.05) is 6.54 Å². The molecule has 0 radical (unpaired) electrons. The molecule has 2 aromatic carbocycles. The van der Waals surface area contributed by atoms with Crippen molar-refractivity contribution in [1.29, 1.82) is 0 Å². The standard InChI is InChI=1S/C18H17Cl2NO4/c1-11-17(9-21(11)18(22)23)25-14-4-2-3-12(7-14)10-24-16-6-5-13(19)8-15(16)20/h2-8,11,17H,9-10H2,1H3,(H,22,23). The second-order valence-corrected chi connectivity index (χ2v) is 6.69. The van der Waals surface area contributed by atoms with Crippen molar-refractivity contribution in [2.45, 2.75) is 25.7 Å². The molecule has 0 spiro atoms. The lowest BCUT2D eigenvalue weighted by Crippen LogP contribution is -2.62. The molecule has 2 atom stereocenters. The van der Waals surface area contributed by atoms with Gasteiger partial charge >= 0.3 is 6.09 Å². The van der Waals surface area contributed by atoms with E-state index >= 15 is 0 Å². The molecule has 132 valence electrons. The quantitative estimate of drug-likeness (QED) is 0.814. The normalized spacial score (nSPS) is 19.2. The Morgan fingerprint density at radius 3 is 2.76 bits per heavy atom. The maximum atomic E-state index is 10.9. The van der Waals surface area contributed by atoms with Crippen molar-refractivity contribution in [1.82, 2.24) is 4.90 Å². The zero-order valence-electron chi connectivity index (χ0n) is 13.5. The van der Waals surface area contributed by atoms with E-state index in [0.29, 0.717) is 34.7 Å². The maximum Gasteiger partial charge on any atom is 0.407 e. The monoisotopic (exact) mass is 381 g/mol. The highest BCUT2D eigenvalue weighted by Gasteiger charge is 2.40. The molecule has 5 nitrogen and oxygen atoms in total. The zero-order chi connectivity index (χ0) is 18.0. The molecule has 0 bridgehead atoms. The van der Waals surface area contributed by atoms with Gasteiger partial charge in [0.25, 0.3) is 0 Å². The van der Waals surface area contributed by atoms with Gasteiger partial charge in [0.15, 0.2) is 0 Å². The van der Waals surface area contributed by atoms with Crippen LogP contribution in [0.15, 0.2) is 42.5 Å². The van der Waals surface area contributed by atoms with Crippen LogP contribution in [0.1, 0.15) is 12.5 Å². The van der Waals surface area contributed by atoms with E-state index in [4.69, 9.17) is 37.8 Å². The molecule has 1 fully saturated rings. The summed E-state index contributed by atoms with van der Waals surface area (Å²) in [6.45, 7) is 2.54. The van der Waals surface area contributed by atoms with Crippen LogP contribution in [0.2, 0.25) is 10.0 Å².